The van der Waals surface area contributed by atoms with E-state index in [1.807, 2.05) is 48.5 Å². The number of rotatable bonds is 6. The van der Waals surface area contributed by atoms with Crippen molar-refractivity contribution >= 4 is 35.1 Å². The minimum Gasteiger partial charge on any atom is -0.467 e. The molecule has 1 fully saturated rings. The van der Waals surface area contributed by atoms with Gasteiger partial charge in [0.2, 0.25) is 0 Å². The fourth-order valence-electron chi connectivity index (χ4n) is 3.53. The predicted octanol–water partition coefficient (Wildman–Crippen LogP) is 6.59. The van der Waals surface area contributed by atoms with E-state index >= 15 is 0 Å². The monoisotopic (exact) mass is 481 g/mol. The third kappa shape index (κ3) is 5.47. The van der Waals surface area contributed by atoms with Crippen molar-refractivity contribution in [3.63, 3.8) is 0 Å². The lowest BCUT2D eigenvalue weighted by molar-refractivity contribution is -0.122. The number of halogens is 1. The second kappa shape index (κ2) is 10.4. The van der Waals surface area contributed by atoms with Gasteiger partial charge in [-0.3, -0.25) is 9.69 Å². The van der Waals surface area contributed by atoms with Crippen LogP contribution in [0.15, 0.2) is 117 Å². The van der Waals surface area contributed by atoms with Gasteiger partial charge in [-0.2, -0.15) is 5.10 Å². The van der Waals surface area contributed by atoms with Gasteiger partial charge < -0.3 is 4.42 Å². The van der Waals surface area contributed by atoms with E-state index in [9.17, 15) is 9.18 Å². The average molecular weight is 482 g/mol. The first-order chi connectivity index (χ1) is 17.2. The third-order valence-electron chi connectivity index (χ3n) is 5.32. The molecule has 3 aromatic carbocycles. The lowest BCUT2D eigenvalue weighted by atomic mass is 10.0. The topological polar surface area (TPSA) is 58.2 Å². The van der Waals surface area contributed by atoms with Crippen LogP contribution in [0.25, 0.3) is 17.2 Å². The third-order valence-corrected chi connectivity index (χ3v) is 6.31. The van der Waals surface area contributed by atoms with E-state index in [1.165, 1.54) is 35.0 Å². The van der Waals surface area contributed by atoms with Crippen molar-refractivity contribution in [3.8, 4) is 11.1 Å². The average Bonchev–Trinajstić information content (AvgIpc) is 3.51. The maximum absolute atomic E-state index is 13.2. The standard InChI is InChI=1S/C28H20FN3O2S/c29-24-14-10-21(11-15-24)18-30-31-28-32(19-25-7-4-16-34-25)27(33)26(35-28)17-20-8-12-23(13-9-20)22-5-2-1-3-6-22/h1-18H,19H2/b26-17-,30-18-,31-28+. The molecule has 0 bridgehead atoms. The first-order valence-corrected chi connectivity index (χ1v) is 11.7. The molecular formula is C28H20FN3O2S. The number of amides is 1. The van der Waals surface area contributed by atoms with Gasteiger partial charge >= 0.3 is 0 Å². The predicted molar refractivity (Wildman–Crippen MR) is 138 cm³/mol. The quantitative estimate of drug-likeness (QED) is 0.177. The molecule has 1 amide bonds. The SMILES string of the molecule is O=C1/C(=C/c2ccc(-c3ccccc3)cc2)S/C(=N/N=C\c2ccc(F)cc2)N1Cc1ccco1. The summed E-state index contributed by atoms with van der Waals surface area (Å²) in [5.41, 5.74) is 3.86. The Kier molecular flexibility index (Phi) is 6.68. The number of nitrogens with zero attached hydrogens (tertiary/aromatic N) is 3. The molecule has 1 saturated heterocycles. The number of thioether (sulfide) groups is 1. The minimum absolute atomic E-state index is 0.172. The molecule has 1 aliphatic heterocycles. The number of hydrogen-bond donors (Lipinski definition) is 0. The van der Waals surface area contributed by atoms with Gasteiger partial charge in [0.25, 0.3) is 5.91 Å². The summed E-state index contributed by atoms with van der Waals surface area (Å²) in [6.07, 6.45) is 4.94. The van der Waals surface area contributed by atoms with Crippen molar-refractivity contribution in [2.45, 2.75) is 6.54 Å². The van der Waals surface area contributed by atoms with E-state index in [0.29, 0.717) is 21.4 Å². The Morgan fingerprint density at radius 3 is 2.29 bits per heavy atom. The smallest absolute Gasteiger partial charge is 0.267 e. The van der Waals surface area contributed by atoms with E-state index in [4.69, 9.17) is 4.42 Å². The lowest BCUT2D eigenvalue weighted by Gasteiger charge is -2.12. The molecular weight excluding hydrogens is 461 g/mol. The van der Waals surface area contributed by atoms with E-state index in [-0.39, 0.29) is 18.3 Å². The number of benzene rings is 3. The highest BCUT2D eigenvalue weighted by molar-refractivity contribution is 8.18. The number of hydrogen-bond acceptors (Lipinski definition) is 5. The Morgan fingerprint density at radius 2 is 1.57 bits per heavy atom. The van der Waals surface area contributed by atoms with E-state index in [2.05, 4.69) is 22.3 Å². The number of amidine groups is 1. The summed E-state index contributed by atoms with van der Waals surface area (Å²) in [5, 5.41) is 8.84. The Bertz CT molecular complexity index is 1400. The van der Waals surface area contributed by atoms with Crippen molar-refractivity contribution < 1.29 is 13.6 Å². The molecule has 1 aliphatic rings. The molecule has 0 saturated carbocycles. The van der Waals surface area contributed by atoms with Crippen LogP contribution in [0.5, 0.6) is 0 Å². The van der Waals surface area contributed by atoms with Crippen LogP contribution in [0.3, 0.4) is 0 Å². The van der Waals surface area contributed by atoms with Gasteiger partial charge in [0.05, 0.1) is 23.9 Å². The van der Waals surface area contributed by atoms with Crippen molar-refractivity contribution in [1.82, 2.24) is 4.90 Å². The van der Waals surface area contributed by atoms with E-state index in [1.54, 1.807) is 30.5 Å². The second-order valence-electron chi connectivity index (χ2n) is 7.75. The van der Waals surface area contributed by atoms with Crippen molar-refractivity contribution in [2.75, 3.05) is 0 Å². The molecule has 5 nitrogen and oxygen atoms in total. The molecule has 0 N–H and O–H groups in total. The van der Waals surface area contributed by atoms with Gasteiger partial charge in [-0.05, 0) is 64.4 Å². The summed E-state index contributed by atoms with van der Waals surface area (Å²) in [7, 11) is 0. The number of carbonyl (C=O) groups is 1. The van der Waals surface area contributed by atoms with Crippen LogP contribution in [0.2, 0.25) is 0 Å². The summed E-state index contributed by atoms with van der Waals surface area (Å²) in [5.74, 6) is 0.151. The zero-order chi connectivity index (χ0) is 24.0. The van der Waals surface area contributed by atoms with Gasteiger partial charge in [0.1, 0.15) is 11.6 Å². The summed E-state index contributed by atoms with van der Waals surface area (Å²) in [6.45, 7) is 0.244. The summed E-state index contributed by atoms with van der Waals surface area (Å²) in [6, 6.07) is 27.7. The van der Waals surface area contributed by atoms with Crippen LogP contribution in [-0.2, 0) is 11.3 Å². The maximum Gasteiger partial charge on any atom is 0.267 e. The van der Waals surface area contributed by atoms with Crippen LogP contribution in [-0.4, -0.2) is 22.2 Å². The van der Waals surface area contributed by atoms with Crippen LogP contribution >= 0.6 is 11.8 Å². The molecule has 4 aromatic rings. The molecule has 0 spiro atoms. The molecule has 172 valence electrons. The Hall–Kier alpha value is -4.23. The second-order valence-corrected chi connectivity index (χ2v) is 8.76. The Balaban J connectivity index is 1.39. The zero-order valence-electron chi connectivity index (χ0n) is 18.5. The molecule has 35 heavy (non-hydrogen) atoms. The normalized spacial score (nSPS) is 16.1. The molecule has 0 atom stereocenters. The van der Waals surface area contributed by atoms with Crippen LogP contribution in [0.4, 0.5) is 4.39 Å². The Morgan fingerprint density at radius 1 is 0.857 bits per heavy atom. The Labute approximate surface area is 206 Å². The maximum atomic E-state index is 13.2. The summed E-state index contributed by atoms with van der Waals surface area (Å²) >= 11 is 1.25. The lowest BCUT2D eigenvalue weighted by Crippen LogP contribution is -2.28. The van der Waals surface area contributed by atoms with Crippen LogP contribution in [0.1, 0.15) is 16.9 Å². The van der Waals surface area contributed by atoms with Gasteiger partial charge in [-0.15, -0.1) is 5.10 Å². The summed E-state index contributed by atoms with van der Waals surface area (Å²) in [4.78, 5) is 15.3. The number of furan rings is 1. The van der Waals surface area contributed by atoms with Gasteiger partial charge in [0.15, 0.2) is 5.17 Å². The first-order valence-electron chi connectivity index (χ1n) is 10.9. The van der Waals surface area contributed by atoms with Gasteiger partial charge in [-0.1, -0.05) is 66.7 Å². The van der Waals surface area contributed by atoms with E-state index < -0.39 is 0 Å². The molecule has 0 aliphatic carbocycles. The van der Waals surface area contributed by atoms with Crippen molar-refractivity contribution in [1.29, 1.82) is 0 Å². The van der Waals surface area contributed by atoms with Crippen LogP contribution in [0, 0.1) is 5.82 Å². The van der Waals surface area contributed by atoms with Gasteiger partial charge in [0, 0.05) is 0 Å². The highest BCUT2D eigenvalue weighted by Crippen LogP contribution is 2.34. The minimum atomic E-state index is -0.318. The fraction of sp³-hybridized carbons (Fsp3) is 0.0357. The molecule has 2 heterocycles. The fourth-order valence-corrected chi connectivity index (χ4v) is 4.46. The van der Waals surface area contributed by atoms with Crippen LogP contribution < -0.4 is 0 Å². The largest absolute Gasteiger partial charge is 0.467 e. The molecule has 0 radical (unpaired) electrons. The van der Waals surface area contributed by atoms with Gasteiger partial charge in [-0.25, -0.2) is 4.39 Å². The molecule has 1 aromatic heterocycles. The zero-order valence-corrected chi connectivity index (χ0v) is 19.4. The van der Waals surface area contributed by atoms with E-state index in [0.717, 1.165) is 16.7 Å². The molecule has 0 unspecified atom stereocenters. The van der Waals surface area contributed by atoms with Crippen molar-refractivity contribution in [2.24, 2.45) is 10.2 Å². The van der Waals surface area contributed by atoms with Crippen molar-refractivity contribution in [3.05, 3.63) is 125 Å². The highest BCUT2D eigenvalue weighted by Gasteiger charge is 2.34. The molecule has 5 rings (SSSR count). The highest BCUT2D eigenvalue weighted by atomic mass is 32.2. The summed E-state index contributed by atoms with van der Waals surface area (Å²) < 4.78 is 18.6. The number of carbonyl (C=O) groups excluding carboxylic acids is 1. The first kappa shape index (κ1) is 22.6. The molecule has 7 heteroatoms.